The summed E-state index contributed by atoms with van der Waals surface area (Å²) < 4.78 is 10.6. The molecule has 0 unspecified atom stereocenters. The van der Waals surface area contributed by atoms with Gasteiger partial charge in [0.05, 0.1) is 26.1 Å². The molecule has 0 bridgehead atoms. The average molecular weight is 385 g/mol. The van der Waals surface area contributed by atoms with Crippen LogP contribution in [0.5, 0.6) is 11.5 Å². The monoisotopic (exact) mass is 385 g/mol. The Morgan fingerprint density at radius 3 is 2.64 bits per heavy atom. The summed E-state index contributed by atoms with van der Waals surface area (Å²) in [6.07, 6.45) is 4.01. The molecule has 0 spiro atoms. The largest absolute Gasteiger partial charge is 0.493 e. The number of pyridine rings is 1. The van der Waals surface area contributed by atoms with Crippen molar-refractivity contribution in [3.8, 4) is 11.5 Å². The lowest BCUT2D eigenvalue weighted by atomic mass is 10.1. The highest BCUT2D eigenvalue weighted by Crippen LogP contribution is 2.27. The van der Waals surface area contributed by atoms with Gasteiger partial charge in [0.1, 0.15) is 6.54 Å². The predicted octanol–water partition coefficient (Wildman–Crippen LogP) is 1.84. The number of methoxy groups -OCH3 is 2. The predicted molar refractivity (Wildman–Crippen MR) is 110 cm³/mol. The maximum absolute atomic E-state index is 12.0. The van der Waals surface area contributed by atoms with E-state index in [0.29, 0.717) is 36.2 Å². The third-order valence-corrected chi connectivity index (χ3v) is 3.82. The van der Waals surface area contributed by atoms with Gasteiger partial charge in [0.15, 0.2) is 17.5 Å². The normalized spacial score (nSPS) is 10.9. The summed E-state index contributed by atoms with van der Waals surface area (Å²) in [4.78, 5) is 20.3. The molecule has 0 aliphatic carbocycles. The zero-order chi connectivity index (χ0) is 20.2. The second-order valence-corrected chi connectivity index (χ2v) is 5.85. The van der Waals surface area contributed by atoms with Gasteiger partial charge in [-0.2, -0.15) is 0 Å². The van der Waals surface area contributed by atoms with Crippen molar-refractivity contribution >= 4 is 17.6 Å². The molecule has 0 atom stereocenters. The SMILES string of the molecule is CCNC(=NCC(=O)Nc1cccnc1)NCCc1ccc(OC)c(OC)c1. The Labute approximate surface area is 165 Å². The van der Waals surface area contributed by atoms with Crippen molar-refractivity contribution in [2.45, 2.75) is 13.3 Å². The zero-order valence-corrected chi connectivity index (χ0v) is 16.5. The van der Waals surface area contributed by atoms with Crippen LogP contribution in [0.25, 0.3) is 0 Å². The van der Waals surface area contributed by atoms with Crippen LogP contribution in [0.3, 0.4) is 0 Å². The molecule has 1 aromatic carbocycles. The number of benzene rings is 1. The van der Waals surface area contributed by atoms with Gasteiger partial charge < -0.3 is 25.4 Å². The van der Waals surface area contributed by atoms with E-state index in [1.54, 1.807) is 38.7 Å². The molecule has 0 saturated heterocycles. The third kappa shape index (κ3) is 6.79. The molecule has 1 aromatic heterocycles. The van der Waals surface area contributed by atoms with E-state index in [-0.39, 0.29) is 12.5 Å². The van der Waals surface area contributed by atoms with Crippen LogP contribution in [0.15, 0.2) is 47.7 Å². The van der Waals surface area contributed by atoms with Crippen LogP contribution in [-0.2, 0) is 11.2 Å². The molecule has 0 aliphatic rings. The number of nitrogens with zero attached hydrogens (tertiary/aromatic N) is 2. The molecule has 3 N–H and O–H groups in total. The summed E-state index contributed by atoms with van der Waals surface area (Å²) in [6, 6.07) is 9.37. The number of aromatic nitrogens is 1. The number of guanidine groups is 1. The Hall–Kier alpha value is -3.29. The van der Waals surface area contributed by atoms with Crippen LogP contribution in [-0.4, -0.2) is 50.7 Å². The second-order valence-electron chi connectivity index (χ2n) is 5.85. The number of carbonyl (C=O) groups excluding carboxylic acids is 1. The number of carbonyl (C=O) groups is 1. The lowest BCUT2D eigenvalue weighted by molar-refractivity contribution is -0.114. The maximum atomic E-state index is 12.0. The van der Waals surface area contributed by atoms with Gasteiger partial charge in [-0.3, -0.25) is 9.78 Å². The molecule has 1 heterocycles. The Morgan fingerprint density at radius 2 is 1.96 bits per heavy atom. The standard InChI is InChI=1S/C20H27N5O3/c1-4-22-20(24-14-19(26)25-16-6-5-10-21-13-16)23-11-9-15-7-8-17(27-2)18(12-15)28-3/h5-8,10,12-13H,4,9,11,14H2,1-3H3,(H,25,26)(H2,22,23,24). The van der Waals surface area contributed by atoms with Crippen molar-refractivity contribution in [1.29, 1.82) is 0 Å². The number of amides is 1. The van der Waals surface area contributed by atoms with Crippen molar-refractivity contribution in [3.63, 3.8) is 0 Å². The number of ether oxygens (including phenoxy) is 2. The summed E-state index contributed by atoms with van der Waals surface area (Å²) in [7, 11) is 3.23. The van der Waals surface area contributed by atoms with Crippen LogP contribution >= 0.6 is 0 Å². The van der Waals surface area contributed by atoms with Gasteiger partial charge in [0.25, 0.3) is 0 Å². The van der Waals surface area contributed by atoms with Crippen molar-refractivity contribution in [1.82, 2.24) is 15.6 Å². The first kappa shape index (κ1) is 21.0. The fourth-order valence-electron chi connectivity index (χ4n) is 2.49. The molecule has 2 rings (SSSR count). The smallest absolute Gasteiger partial charge is 0.246 e. The Balaban J connectivity index is 1.86. The summed E-state index contributed by atoms with van der Waals surface area (Å²) in [5.41, 5.74) is 1.75. The lowest BCUT2D eigenvalue weighted by Crippen LogP contribution is -2.39. The summed E-state index contributed by atoms with van der Waals surface area (Å²) in [6.45, 7) is 3.35. The molecule has 0 radical (unpaired) electrons. The van der Waals surface area contributed by atoms with Gasteiger partial charge >= 0.3 is 0 Å². The number of aliphatic imine (C=N–C) groups is 1. The zero-order valence-electron chi connectivity index (χ0n) is 16.5. The highest BCUT2D eigenvalue weighted by Gasteiger charge is 2.06. The number of anilines is 1. The number of rotatable bonds is 9. The number of nitrogens with one attached hydrogen (secondary N) is 3. The van der Waals surface area contributed by atoms with E-state index >= 15 is 0 Å². The van der Waals surface area contributed by atoms with Crippen LogP contribution in [0.1, 0.15) is 12.5 Å². The quantitative estimate of drug-likeness (QED) is 0.450. The minimum Gasteiger partial charge on any atom is -0.493 e. The number of hydrogen-bond donors (Lipinski definition) is 3. The third-order valence-electron chi connectivity index (χ3n) is 3.82. The summed E-state index contributed by atoms with van der Waals surface area (Å²) >= 11 is 0. The van der Waals surface area contributed by atoms with Crippen LogP contribution in [0.4, 0.5) is 5.69 Å². The fourth-order valence-corrected chi connectivity index (χ4v) is 2.49. The molecular weight excluding hydrogens is 358 g/mol. The minimum absolute atomic E-state index is 0.0145. The van der Waals surface area contributed by atoms with Crippen LogP contribution in [0.2, 0.25) is 0 Å². The molecule has 8 nitrogen and oxygen atoms in total. The molecule has 0 fully saturated rings. The Morgan fingerprint density at radius 1 is 1.14 bits per heavy atom. The van der Waals surface area contributed by atoms with Crippen LogP contribution < -0.4 is 25.4 Å². The number of hydrogen-bond acceptors (Lipinski definition) is 5. The molecule has 8 heteroatoms. The molecule has 2 aromatic rings. The molecule has 1 amide bonds. The first-order chi connectivity index (χ1) is 13.7. The van der Waals surface area contributed by atoms with Gasteiger partial charge in [-0.1, -0.05) is 6.07 Å². The second kappa shape index (κ2) is 11.4. The molecule has 0 saturated carbocycles. The van der Waals surface area contributed by atoms with E-state index in [0.717, 1.165) is 12.0 Å². The molecule has 150 valence electrons. The van der Waals surface area contributed by atoms with Gasteiger partial charge in [0.2, 0.25) is 5.91 Å². The van der Waals surface area contributed by atoms with E-state index in [4.69, 9.17) is 9.47 Å². The fraction of sp³-hybridized carbons (Fsp3) is 0.350. The van der Waals surface area contributed by atoms with Crippen molar-refractivity contribution in [3.05, 3.63) is 48.3 Å². The lowest BCUT2D eigenvalue weighted by Gasteiger charge is -2.12. The first-order valence-electron chi connectivity index (χ1n) is 9.09. The summed E-state index contributed by atoms with van der Waals surface area (Å²) in [5.74, 6) is 1.79. The highest BCUT2D eigenvalue weighted by atomic mass is 16.5. The molecule has 0 aliphatic heterocycles. The van der Waals surface area contributed by atoms with Gasteiger partial charge in [-0.15, -0.1) is 0 Å². The minimum atomic E-state index is -0.204. The average Bonchev–Trinajstić information content (AvgIpc) is 2.72. The molecule has 28 heavy (non-hydrogen) atoms. The first-order valence-corrected chi connectivity index (χ1v) is 9.09. The van der Waals surface area contributed by atoms with E-state index in [1.165, 1.54) is 0 Å². The van der Waals surface area contributed by atoms with Crippen molar-refractivity contribution in [2.75, 3.05) is 39.2 Å². The van der Waals surface area contributed by atoms with E-state index in [1.807, 2.05) is 25.1 Å². The molecular formula is C20H27N5O3. The Kier molecular flexibility index (Phi) is 8.58. The summed E-state index contributed by atoms with van der Waals surface area (Å²) in [5, 5.41) is 9.11. The maximum Gasteiger partial charge on any atom is 0.246 e. The van der Waals surface area contributed by atoms with Gasteiger partial charge in [0, 0.05) is 19.3 Å². The topological polar surface area (TPSA) is 96.9 Å². The van der Waals surface area contributed by atoms with Gasteiger partial charge in [-0.25, -0.2) is 4.99 Å². The van der Waals surface area contributed by atoms with E-state index < -0.39 is 0 Å². The van der Waals surface area contributed by atoms with Crippen molar-refractivity contribution < 1.29 is 14.3 Å². The van der Waals surface area contributed by atoms with E-state index in [2.05, 4.69) is 25.9 Å². The van der Waals surface area contributed by atoms with E-state index in [9.17, 15) is 4.79 Å². The highest BCUT2D eigenvalue weighted by molar-refractivity contribution is 5.93. The van der Waals surface area contributed by atoms with Crippen molar-refractivity contribution in [2.24, 2.45) is 4.99 Å². The van der Waals surface area contributed by atoms with Gasteiger partial charge in [-0.05, 0) is 43.2 Å². The van der Waals surface area contributed by atoms with Crippen LogP contribution in [0, 0.1) is 0 Å². The Bertz CT molecular complexity index is 781.